The highest BCUT2D eigenvalue weighted by atomic mass is 16.5. The molecule has 9 nitrogen and oxygen atoms in total. The standard InChI is InChI=1S/C21H30N6O3/c1-21(2,3)26-19(28)13-23-20(22-11-15-12-24-27(4)14-15)25-16-6-7-17-18(10-16)30-9-5-8-29-17/h6-7,10,12,14H,5,8-9,11,13H2,1-4H3,(H,26,28)(H2,22,23,25). The predicted octanol–water partition coefficient (Wildman–Crippen LogP) is 2.05. The molecule has 1 aliphatic heterocycles. The summed E-state index contributed by atoms with van der Waals surface area (Å²) in [4.78, 5) is 16.8. The van der Waals surface area contributed by atoms with Crippen molar-refractivity contribution in [3.63, 3.8) is 0 Å². The molecule has 0 fully saturated rings. The van der Waals surface area contributed by atoms with Gasteiger partial charge in [-0.25, -0.2) is 4.99 Å². The van der Waals surface area contributed by atoms with Crippen LogP contribution in [-0.4, -0.2) is 46.9 Å². The minimum Gasteiger partial charge on any atom is -0.490 e. The van der Waals surface area contributed by atoms with Gasteiger partial charge in [-0.1, -0.05) is 0 Å². The average Bonchev–Trinajstić information content (AvgIpc) is 2.94. The number of carbonyl (C=O) groups excluding carboxylic acids is 1. The number of amides is 1. The first-order valence-electron chi connectivity index (χ1n) is 10.0. The number of hydrogen-bond donors (Lipinski definition) is 3. The molecule has 2 heterocycles. The van der Waals surface area contributed by atoms with Crippen molar-refractivity contribution in [3.05, 3.63) is 36.2 Å². The Hall–Kier alpha value is -3.23. The highest BCUT2D eigenvalue weighted by molar-refractivity contribution is 5.96. The van der Waals surface area contributed by atoms with Crippen LogP contribution >= 0.6 is 0 Å². The fourth-order valence-electron chi connectivity index (χ4n) is 2.87. The maximum Gasteiger partial charge on any atom is 0.239 e. The number of rotatable bonds is 5. The number of anilines is 1. The zero-order valence-electron chi connectivity index (χ0n) is 18.0. The van der Waals surface area contributed by atoms with Gasteiger partial charge < -0.3 is 25.4 Å². The van der Waals surface area contributed by atoms with Crippen molar-refractivity contribution < 1.29 is 14.3 Å². The number of aliphatic imine (C=N–C) groups is 1. The van der Waals surface area contributed by atoms with Crippen LogP contribution in [0.3, 0.4) is 0 Å². The lowest BCUT2D eigenvalue weighted by atomic mass is 10.1. The number of nitrogens with one attached hydrogen (secondary N) is 3. The molecule has 1 amide bonds. The monoisotopic (exact) mass is 414 g/mol. The van der Waals surface area contributed by atoms with E-state index >= 15 is 0 Å². The van der Waals surface area contributed by atoms with Crippen LogP contribution in [0.25, 0.3) is 0 Å². The molecule has 0 atom stereocenters. The quantitative estimate of drug-likeness (QED) is 0.511. The second-order valence-electron chi connectivity index (χ2n) is 8.18. The van der Waals surface area contributed by atoms with Gasteiger partial charge >= 0.3 is 0 Å². The van der Waals surface area contributed by atoms with Gasteiger partial charge in [-0.15, -0.1) is 0 Å². The molecule has 1 aromatic carbocycles. The van der Waals surface area contributed by atoms with Crippen LogP contribution in [0.2, 0.25) is 0 Å². The summed E-state index contributed by atoms with van der Waals surface area (Å²) >= 11 is 0. The lowest BCUT2D eigenvalue weighted by molar-refractivity contribution is -0.121. The number of aromatic nitrogens is 2. The molecule has 1 aromatic heterocycles. The van der Waals surface area contributed by atoms with E-state index in [9.17, 15) is 4.79 Å². The average molecular weight is 415 g/mol. The summed E-state index contributed by atoms with van der Waals surface area (Å²) in [7, 11) is 1.86. The van der Waals surface area contributed by atoms with Crippen molar-refractivity contribution in [3.8, 4) is 11.5 Å². The van der Waals surface area contributed by atoms with Crippen molar-refractivity contribution in [2.24, 2.45) is 12.0 Å². The Morgan fingerprint density at radius 3 is 2.70 bits per heavy atom. The Labute approximate surface area is 176 Å². The highest BCUT2D eigenvalue weighted by Gasteiger charge is 2.15. The van der Waals surface area contributed by atoms with Crippen LogP contribution in [-0.2, 0) is 18.4 Å². The van der Waals surface area contributed by atoms with E-state index in [1.165, 1.54) is 0 Å². The Morgan fingerprint density at radius 2 is 2.00 bits per heavy atom. The van der Waals surface area contributed by atoms with E-state index in [1.54, 1.807) is 10.9 Å². The molecule has 0 spiro atoms. The molecule has 2 aromatic rings. The van der Waals surface area contributed by atoms with Gasteiger partial charge in [0.25, 0.3) is 0 Å². The third kappa shape index (κ3) is 6.68. The fourth-order valence-corrected chi connectivity index (χ4v) is 2.87. The zero-order valence-corrected chi connectivity index (χ0v) is 18.0. The summed E-state index contributed by atoms with van der Waals surface area (Å²) in [6.45, 7) is 7.61. The van der Waals surface area contributed by atoms with Crippen LogP contribution in [0.5, 0.6) is 11.5 Å². The molecule has 0 bridgehead atoms. The fraction of sp³-hybridized carbons (Fsp3) is 0.476. The summed E-state index contributed by atoms with van der Waals surface area (Å²) in [5, 5.41) is 13.4. The number of hydrogen-bond acceptors (Lipinski definition) is 5. The van der Waals surface area contributed by atoms with Gasteiger partial charge in [0, 0.05) is 42.5 Å². The van der Waals surface area contributed by atoms with E-state index < -0.39 is 0 Å². The molecule has 162 valence electrons. The van der Waals surface area contributed by atoms with Crippen LogP contribution in [0, 0.1) is 0 Å². The molecule has 9 heteroatoms. The molecule has 3 N–H and O–H groups in total. The van der Waals surface area contributed by atoms with Gasteiger partial charge in [-0.3, -0.25) is 9.48 Å². The summed E-state index contributed by atoms with van der Waals surface area (Å²) in [6, 6.07) is 5.63. The van der Waals surface area contributed by atoms with Gasteiger partial charge in [-0.05, 0) is 32.9 Å². The molecule has 0 saturated heterocycles. The normalized spacial score (nSPS) is 14.1. The van der Waals surface area contributed by atoms with Crippen molar-refractivity contribution in [1.29, 1.82) is 0 Å². The lowest BCUT2D eigenvalue weighted by Gasteiger charge is -2.21. The Bertz CT molecular complexity index is 900. The van der Waals surface area contributed by atoms with Crippen molar-refractivity contribution in [2.75, 3.05) is 25.1 Å². The Balaban J connectivity index is 1.71. The highest BCUT2D eigenvalue weighted by Crippen LogP contribution is 2.32. The summed E-state index contributed by atoms with van der Waals surface area (Å²) in [5.41, 5.74) is 1.46. The van der Waals surface area contributed by atoms with E-state index in [0.717, 1.165) is 23.4 Å². The first kappa shape index (κ1) is 21.5. The molecule has 0 unspecified atom stereocenters. The summed E-state index contributed by atoms with van der Waals surface area (Å²) in [6.07, 6.45) is 4.52. The van der Waals surface area contributed by atoms with E-state index in [1.807, 2.05) is 52.2 Å². The molecule has 0 aliphatic carbocycles. The van der Waals surface area contributed by atoms with Gasteiger partial charge in [0.2, 0.25) is 5.91 Å². The second kappa shape index (κ2) is 9.51. The van der Waals surface area contributed by atoms with Crippen LogP contribution in [0.1, 0.15) is 32.8 Å². The second-order valence-corrected chi connectivity index (χ2v) is 8.18. The molecule has 1 aliphatic rings. The van der Waals surface area contributed by atoms with Gasteiger partial charge in [0.1, 0.15) is 0 Å². The van der Waals surface area contributed by atoms with Gasteiger partial charge in [0.15, 0.2) is 17.5 Å². The van der Waals surface area contributed by atoms with E-state index in [4.69, 9.17) is 9.47 Å². The number of benzene rings is 1. The smallest absolute Gasteiger partial charge is 0.239 e. The number of ether oxygens (including phenoxy) is 2. The van der Waals surface area contributed by atoms with E-state index in [2.05, 4.69) is 26.0 Å². The molecular formula is C21H30N6O3. The molecule has 30 heavy (non-hydrogen) atoms. The molecule has 0 radical (unpaired) electrons. The van der Waals surface area contributed by atoms with Crippen molar-refractivity contribution >= 4 is 17.6 Å². The molecule has 0 saturated carbocycles. The van der Waals surface area contributed by atoms with Crippen LogP contribution < -0.4 is 25.4 Å². The van der Waals surface area contributed by atoms with Gasteiger partial charge in [-0.2, -0.15) is 5.10 Å². The third-order valence-electron chi connectivity index (χ3n) is 4.12. The lowest BCUT2D eigenvalue weighted by Crippen LogP contribution is -2.46. The largest absolute Gasteiger partial charge is 0.490 e. The van der Waals surface area contributed by atoms with E-state index in [-0.39, 0.29) is 18.0 Å². The maximum absolute atomic E-state index is 12.2. The van der Waals surface area contributed by atoms with Crippen LogP contribution in [0.4, 0.5) is 5.69 Å². The maximum atomic E-state index is 12.2. The third-order valence-corrected chi connectivity index (χ3v) is 4.12. The summed E-state index contributed by atoms with van der Waals surface area (Å²) in [5.74, 6) is 1.79. The molecule has 3 rings (SSSR count). The van der Waals surface area contributed by atoms with Crippen molar-refractivity contribution in [1.82, 2.24) is 20.4 Å². The first-order chi connectivity index (χ1) is 14.3. The molecular weight excluding hydrogens is 384 g/mol. The minimum absolute atomic E-state index is 0.0979. The Morgan fingerprint density at radius 1 is 1.23 bits per heavy atom. The summed E-state index contributed by atoms with van der Waals surface area (Å²) < 4.78 is 13.2. The number of carbonyl (C=O) groups is 1. The van der Waals surface area contributed by atoms with Crippen LogP contribution in [0.15, 0.2) is 35.6 Å². The number of nitrogens with zero attached hydrogens (tertiary/aromatic N) is 3. The SMILES string of the molecule is Cn1cc(CN=C(NCC(=O)NC(C)(C)C)Nc2ccc3c(c2)OCCCO3)cn1. The topological polar surface area (TPSA) is 102 Å². The number of guanidine groups is 1. The van der Waals surface area contributed by atoms with E-state index in [0.29, 0.717) is 31.5 Å². The number of fused-ring (bicyclic) bond motifs is 1. The Kier molecular flexibility index (Phi) is 6.81. The van der Waals surface area contributed by atoms with Crippen molar-refractivity contribution in [2.45, 2.75) is 39.3 Å². The first-order valence-corrected chi connectivity index (χ1v) is 10.0. The van der Waals surface area contributed by atoms with Gasteiger partial charge in [0.05, 0.1) is 32.5 Å². The zero-order chi connectivity index (χ0) is 21.6. The minimum atomic E-state index is -0.298. The predicted molar refractivity (Wildman–Crippen MR) is 116 cm³/mol. The number of aryl methyl sites for hydroxylation is 1.